The first-order valence-electron chi connectivity index (χ1n) is 7.20. The van der Waals surface area contributed by atoms with Crippen LogP contribution in [0.25, 0.3) is 10.8 Å². The Balaban J connectivity index is 1.79. The van der Waals surface area contributed by atoms with Crippen LogP contribution in [0.2, 0.25) is 0 Å². The van der Waals surface area contributed by atoms with Crippen molar-refractivity contribution in [2.75, 3.05) is 7.11 Å². The summed E-state index contributed by atoms with van der Waals surface area (Å²) in [6.45, 7) is 0. The molecule has 2 aromatic rings. The highest BCUT2D eigenvalue weighted by atomic mass is 79.9. The molecule has 3 rings (SSSR count). The zero-order valence-corrected chi connectivity index (χ0v) is 13.5. The summed E-state index contributed by atoms with van der Waals surface area (Å²) in [5.41, 5.74) is 0.701. The number of hydrogen-bond acceptors (Lipinski definition) is 2. The summed E-state index contributed by atoms with van der Waals surface area (Å²) < 4.78 is 6.47. The van der Waals surface area contributed by atoms with Gasteiger partial charge in [0.2, 0.25) is 0 Å². The molecule has 3 nitrogen and oxygen atoms in total. The van der Waals surface area contributed by atoms with Crippen LogP contribution in [0, 0.1) is 0 Å². The number of halogens is 1. The number of benzene rings is 2. The predicted molar refractivity (Wildman–Crippen MR) is 87.6 cm³/mol. The summed E-state index contributed by atoms with van der Waals surface area (Å²) in [6.07, 6.45) is 3.26. The Kier molecular flexibility index (Phi) is 4.27. The molecule has 2 aromatic carbocycles. The zero-order chi connectivity index (χ0) is 14.8. The lowest BCUT2D eigenvalue weighted by Crippen LogP contribution is -2.40. The van der Waals surface area contributed by atoms with E-state index in [-0.39, 0.29) is 18.1 Å². The van der Waals surface area contributed by atoms with Crippen molar-refractivity contribution in [3.05, 3.63) is 46.4 Å². The summed E-state index contributed by atoms with van der Waals surface area (Å²) in [4.78, 5) is 12.4. The van der Waals surface area contributed by atoms with Gasteiger partial charge in [0.15, 0.2) is 0 Å². The number of fused-ring (bicyclic) bond motifs is 1. The first-order valence-corrected chi connectivity index (χ1v) is 7.99. The number of hydrogen-bond donors (Lipinski definition) is 1. The van der Waals surface area contributed by atoms with Crippen LogP contribution in [0.15, 0.2) is 40.9 Å². The molecule has 110 valence electrons. The van der Waals surface area contributed by atoms with Gasteiger partial charge in [0, 0.05) is 17.1 Å². The highest BCUT2D eigenvalue weighted by Gasteiger charge is 2.28. The van der Waals surface area contributed by atoms with Crippen molar-refractivity contribution in [2.24, 2.45) is 0 Å². The van der Waals surface area contributed by atoms with E-state index in [1.807, 2.05) is 30.3 Å². The van der Waals surface area contributed by atoms with Gasteiger partial charge in [-0.15, -0.1) is 0 Å². The summed E-state index contributed by atoms with van der Waals surface area (Å²) in [6, 6.07) is 12.0. The van der Waals surface area contributed by atoms with Crippen LogP contribution in [0.4, 0.5) is 0 Å². The summed E-state index contributed by atoms with van der Waals surface area (Å²) in [7, 11) is 1.71. The van der Waals surface area contributed by atoms with Gasteiger partial charge in [-0.3, -0.25) is 4.79 Å². The standard InChI is InChI=1S/C17H18BrNO2/c1-21-16-4-2-3-15(16)19-17(20)13-6-5-12-10-14(18)8-7-11(12)9-13/h5-10,15-16H,2-4H2,1H3,(H,19,20). The molecule has 0 aliphatic heterocycles. The Hall–Kier alpha value is -1.39. The van der Waals surface area contributed by atoms with E-state index in [0.717, 1.165) is 34.5 Å². The lowest BCUT2D eigenvalue weighted by molar-refractivity contribution is 0.0722. The number of carbonyl (C=O) groups excluding carboxylic acids is 1. The highest BCUT2D eigenvalue weighted by molar-refractivity contribution is 9.10. The molecule has 0 heterocycles. The van der Waals surface area contributed by atoms with Gasteiger partial charge in [-0.1, -0.05) is 28.1 Å². The smallest absolute Gasteiger partial charge is 0.251 e. The van der Waals surface area contributed by atoms with Crippen molar-refractivity contribution in [1.82, 2.24) is 5.32 Å². The average Bonchev–Trinajstić information content (AvgIpc) is 2.93. The molecular weight excluding hydrogens is 330 g/mol. The second-order valence-corrected chi connectivity index (χ2v) is 6.41. The maximum absolute atomic E-state index is 12.4. The van der Waals surface area contributed by atoms with Crippen LogP contribution in [0.5, 0.6) is 0 Å². The lowest BCUT2D eigenvalue weighted by atomic mass is 10.1. The van der Waals surface area contributed by atoms with Crippen molar-refractivity contribution in [1.29, 1.82) is 0 Å². The molecule has 21 heavy (non-hydrogen) atoms. The van der Waals surface area contributed by atoms with E-state index < -0.39 is 0 Å². The molecule has 0 saturated heterocycles. The van der Waals surface area contributed by atoms with Gasteiger partial charge in [0.05, 0.1) is 12.1 Å². The number of methoxy groups -OCH3 is 1. The quantitative estimate of drug-likeness (QED) is 0.914. The first kappa shape index (κ1) is 14.5. The monoisotopic (exact) mass is 347 g/mol. The molecule has 1 amide bonds. The minimum absolute atomic E-state index is 0.0197. The second-order valence-electron chi connectivity index (χ2n) is 5.49. The maximum atomic E-state index is 12.4. The fraction of sp³-hybridized carbons (Fsp3) is 0.353. The fourth-order valence-electron chi connectivity index (χ4n) is 2.98. The van der Waals surface area contributed by atoms with Crippen LogP contribution in [-0.4, -0.2) is 25.2 Å². The number of amides is 1. The van der Waals surface area contributed by atoms with Gasteiger partial charge in [-0.05, 0) is 54.3 Å². The second kappa shape index (κ2) is 6.16. The molecule has 0 spiro atoms. The molecule has 0 bridgehead atoms. The van der Waals surface area contributed by atoms with Gasteiger partial charge >= 0.3 is 0 Å². The normalized spacial score (nSPS) is 21.6. The fourth-order valence-corrected chi connectivity index (χ4v) is 3.36. The van der Waals surface area contributed by atoms with Crippen LogP contribution in [0.1, 0.15) is 29.6 Å². The number of rotatable bonds is 3. The Morgan fingerprint density at radius 1 is 1.19 bits per heavy atom. The molecule has 1 aliphatic rings. The van der Waals surface area contributed by atoms with E-state index in [4.69, 9.17) is 4.74 Å². The molecule has 0 radical (unpaired) electrons. The number of carbonyl (C=O) groups is 1. The predicted octanol–water partition coefficient (Wildman–Crippen LogP) is 3.90. The molecule has 2 atom stereocenters. The highest BCUT2D eigenvalue weighted by Crippen LogP contribution is 2.23. The molecule has 2 unspecified atom stereocenters. The van der Waals surface area contributed by atoms with Crippen LogP contribution in [0.3, 0.4) is 0 Å². The zero-order valence-electron chi connectivity index (χ0n) is 11.9. The molecule has 1 aliphatic carbocycles. The molecular formula is C17H18BrNO2. The van der Waals surface area contributed by atoms with Gasteiger partial charge in [0.25, 0.3) is 5.91 Å². The van der Waals surface area contributed by atoms with Crippen LogP contribution >= 0.6 is 15.9 Å². The van der Waals surface area contributed by atoms with E-state index in [9.17, 15) is 4.79 Å². The van der Waals surface area contributed by atoms with Gasteiger partial charge < -0.3 is 10.1 Å². The number of ether oxygens (including phenoxy) is 1. The van der Waals surface area contributed by atoms with Crippen molar-refractivity contribution in [3.63, 3.8) is 0 Å². The van der Waals surface area contributed by atoms with Crippen molar-refractivity contribution in [2.45, 2.75) is 31.4 Å². The Morgan fingerprint density at radius 3 is 2.76 bits per heavy atom. The molecule has 1 saturated carbocycles. The largest absolute Gasteiger partial charge is 0.379 e. The maximum Gasteiger partial charge on any atom is 0.251 e. The summed E-state index contributed by atoms with van der Waals surface area (Å²) in [5.74, 6) is -0.0197. The Morgan fingerprint density at radius 2 is 1.95 bits per heavy atom. The van der Waals surface area contributed by atoms with Crippen molar-refractivity contribution < 1.29 is 9.53 Å². The molecule has 1 fully saturated rings. The number of nitrogens with one attached hydrogen (secondary N) is 1. The lowest BCUT2D eigenvalue weighted by Gasteiger charge is -2.19. The molecule has 4 heteroatoms. The molecule has 1 N–H and O–H groups in total. The van der Waals surface area contributed by atoms with E-state index in [1.165, 1.54) is 0 Å². The minimum atomic E-state index is -0.0197. The van der Waals surface area contributed by atoms with Crippen LogP contribution in [-0.2, 0) is 4.74 Å². The van der Waals surface area contributed by atoms with E-state index in [0.29, 0.717) is 5.56 Å². The third-order valence-electron chi connectivity index (χ3n) is 4.14. The van der Waals surface area contributed by atoms with Gasteiger partial charge in [-0.25, -0.2) is 0 Å². The third-order valence-corrected chi connectivity index (χ3v) is 4.63. The van der Waals surface area contributed by atoms with Crippen molar-refractivity contribution in [3.8, 4) is 0 Å². The molecule has 0 aromatic heterocycles. The minimum Gasteiger partial charge on any atom is -0.379 e. The first-order chi connectivity index (χ1) is 10.2. The average molecular weight is 348 g/mol. The summed E-state index contributed by atoms with van der Waals surface area (Å²) >= 11 is 3.46. The van der Waals surface area contributed by atoms with Crippen LogP contribution < -0.4 is 5.32 Å². The SMILES string of the molecule is COC1CCCC1NC(=O)c1ccc2cc(Br)ccc2c1. The van der Waals surface area contributed by atoms with E-state index >= 15 is 0 Å². The third kappa shape index (κ3) is 3.11. The van der Waals surface area contributed by atoms with E-state index in [2.05, 4.69) is 27.3 Å². The van der Waals surface area contributed by atoms with Gasteiger partial charge in [-0.2, -0.15) is 0 Å². The Bertz CT molecular complexity index is 671. The van der Waals surface area contributed by atoms with Gasteiger partial charge in [0.1, 0.15) is 0 Å². The van der Waals surface area contributed by atoms with Crippen molar-refractivity contribution >= 4 is 32.6 Å². The van der Waals surface area contributed by atoms with E-state index in [1.54, 1.807) is 7.11 Å². The Labute approximate surface area is 132 Å². The summed E-state index contributed by atoms with van der Waals surface area (Å²) in [5, 5.41) is 5.29. The topological polar surface area (TPSA) is 38.3 Å².